The fourth-order valence-electron chi connectivity index (χ4n) is 1.63. The topological polar surface area (TPSA) is 88.2 Å². The number of benzene rings is 1. The summed E-state index contributed by atoms with van der Waals surface area (Å²) in [5.41, 5.74) is -0.596. The SMILES string of the molecule is CNC(C)(C#N)CCCOc1c(Br)cc([N+](=O)[O-])cc1Br. The van der Waals surface area contributed by atoms with Crippen LogP contribution in [-0.2, 0) is 0 Å². The van der Waals surface area contributed by atoms with Crippen LogP contribution in [0, 0.1) is 21.4 Å². The summed E-state index contributed by atoms with van der Waals surface area (Å²) in [5, 5.41) is 22.7. The minimum absolute atomic E-state index is 0.0201. The van der Waals surface area contributed by atoms with Crippen LogP contribution in [0.5, 0.6) is 5.75 Å². The Morgan fingerprint density at radius 1 is 1.48 bits per heavy atom. The van der Waals surface area contributed by atoms with Crippen molar-refractivity contribution in [2.75, 3.05) is 13.7 Å². The normalized spacial score (nSPS) is 13.3. The summed E-state index contributed by atoms with van der Waals surface area (Å²) in [6.07, 6.45) is 1.32. The standard InChI is InChI=1S/C13H15Br2N3O3/c1-13(8-16,17-2)4-3-5-21-12-10(14)6-9(18(19)20)7-11(12)15/h6-7,17H,3-5H2,1-2H3. The van der Waals surface area contributed by atoms with E-state index in [1.165, 1.54) is 12.1 Å². The van der Waals surface area contributed by atoms with Crippen molar-refractivity contribution in [3.8, 4) is 11.8 Å². The summed E-state index contributed by atoms with van der Waals surface area (Å²) in [4.78, 5) is 10.3. The summed E-state index contributed by atoms with van der Waals surface area (Å²) in [6.45, 7) is 2.23. The third kappa shape index (κ3) is 4.95. The van der Waals surface area contributed by atoms with Crippen molar-refractivity contribution in [3.63, 3.8) is 0 Å². The molecular weight excluding hydrogens is 406 g/mol. The molecule has 1 rings (SSSR count). The van der Waals surface area contributed by atoms with Gasteiger partial charge in [-0.05, 0) is 58.7 Å². The van der Waals surface area contributed by atoms with Gasteiger partial charge in [0.1, 0.15) is 11.3 Å². The molecule has 1 unspecified atom stereocenters. The lowest BCUT2D eigenvalue weighted by atomic mass is 9.98. The Balaban J connectivity index is 2.65. The predicted molar refractivity (Wildman–Crippen MR) is 86.3 cm³/mol. The van der Waals surface area contributed by atoms with E-state index >= 15 is 0 Å². The number of nitrogens with zero attached hydrogens (tertiary/aromatic N) is 2. The second-order valence-electron chi connectivity index (χ2n) is 4.64. The lowest BCUT2D eigenvalue weighted by Gasteiger charge is -2.20. The van der Waals surface area contributed by atoms with E-state index in [1.807, 2.05) is 6.92 Å². The van der Waals surface area contributed by atoms with Crippen LogP contribution in [0.15, 0.2) is 21.1 Å². The number of nitriles is 1. The molecule has 0 heterocycles. The van der Waals surface area contributed by atoms with Gasteiger partial charge in [-0.25, -0.2) is 0 Å². The number of nitro benzene ring substituents is 1. The first-order valence-corrected chi connectivity index (χ1v) is 7.78. The average Bonchev–Trinajstić information content (AvgIpc) is 2.45. The number of ether oxygens (including phenoxy) is 1. The van der Waals surface area contributed by atoms with E-state index in [9.17, 15) is 10.1 Å². The number of hydrogen-bond acceptors (Lipinski definition) is 5. The molecule has 0 aliphatic heterocycles. The zero-order valence-electron chi connectivity index (χ0n) is 11.7. The predicted octanol–water partition coefficient (Wildman–Crippen LogP) is 3.78. The van der Waals surface area contributed by atoms with Gasteiger partial charge >= 0.3 is 0 Å². The van der Waals surface area contributed by atoms with Gasteiger partial charge < -0.3 is 10.1 Å². The maximum atomic E-state index is 10.7. The van der Waals surface area contributed by atoms with Crippen molar-refractivity contribution in [1.29, 1.82) is 5.26 Å². The van der Waals surface area contributed by atoms with Crippen molar-refractivity contribution < 1.29 is 9.66 Å². The Hall–Kier alpha value is -1.17. The van der Waals surface area contributed by atoms with E-state index in [-0.39, 0.29) is 5.69 Å². The highest BCUT2D eigenvalue weighted by Gasteiger charge is 2.20. The molecule has 0 radical (unpaired) electrons. The van der Waals surface area contributed by atoms with Crippen LogP contribution in [0.25, 0.3) is 0 Å². The van der Waals surface area contributed by atoms with E-state index in [0.717, 1.165) is 0 Å². The quantitative estimate of drug-likeness (QED) is 0.412. The number of halogens is 2. The second-order valence-corrected chi connectivity index (χ2v) is 6.35. The summed E-state index contributed by atoms with van der Waals surface area (Å²) in [6, 6.07) is 5.00. The molecule has 0 bridgehead atoms. The third-order valence-corrected chi connectivity index (χ3v) is 4.24. The first-order chi connectivity index (χ1) is 9.83. The average molecular weight is 421 g/mol. The van der Waals surface area contributed by atoms with Crippen LogP contribution in [-0.4, -0.2) is 24.1 Å². The summed E-state index contributed by atoms with van der Waals surface area (Å²) < 4.78 is 6.66. The molecule has 0 aliphatic carbocycles. The monoisotopic (exact) mass is 419 g/mol. The lowest BCUT2D eigenvalue weighted by molar-refractivity contribution is -0.385. The maximum absolute atomic E-state index is 10.7. The second kappa shape index (κ2) is 7.73. The first-order valence-electron chi connectivity index (χ1n) is 6.19. The minimum Gasteiger partial charge on any atom is -0.491 e. The zero-order valence-corrected chi connectivity index (χ0v) is 14.8. The van der Waals surface area contributed by atoms with E-state index in [2.05, 4.69) is 43.2 Å². The molecule has 114 valence electrons. The van der Waals surface area contributed by atoms with Gasteiger partial charge in [-0.3, -0.25) is 10.1 Å². The van der Waals surface area contributed by atoms with Crippen LogP contribution >= 0.6 is 31.9 Å². The Morgan fingerprint density at radius 2 is 2.05 bits per heavy atom. The van der Waals surface area contributed by atoms with E-state index in [1.54, 1.807) is 7.05 Å². The number of hydrogen-bond donors (Lipinski definition) is 1. The van der Waals surface area contributed by atoms with E-state index in [4.69, 9.17) is 10.00 Å². The number of non-ortho nitro benzene ring substituents is 1. The third-order valence-electron chi connectivity index (χ3n) is 3.06. The fraction of sp³-hybridized carbons (Fsp3) is 0.462. The highest BCUT2D eigenvalue weighted by Crippen LogP contribution is 2.37. The van der Waals surface area contributed by atoms with E-state index < -0.39 is 10.5 Å². The minimum atomic E-state index is -0.576. The van der Waals surface area contributed by atoms with Gasteiger partial charge in [0.15, 0.2) is 0 Å². The van der Waals surface area contributed by atoms with Crippen LogP contribution in [0.2, 0.25) is 0 Å². The highest BCUT2D eigenvalue weighted by atomic mass is 79.9. The molecule has 0 aromatic heterocycles. The van der Waals surface area contributed by atoms with Gasteiger partial charge in [-0.15, -0.1) is 0 Å². The van der Waals surface area contributed by atoms with Gasteiger partial charge in [0.25, 0.3) is 5.69 Å². The first kappa shape index (κ1) is 17.9. The Labute approximate surface area is 139 Å². The lowest BCUT2D eigenvalue weighted by Crippen LogP contribution is -2.38. The molecule has 0 fully saturated rings. The molecule has 0 aliphatic rings. The van der Waals surface area contributed by atoms with Crippen LogP contribution in [0.1, 0.15) is 19.8 Å². The maximum Gasteiger partial charge on any atom is 0.271 e. The van der Waals surface area contributed by atoms with Crippen molar-refractivity contribution in [2.45, 2.75) is 25.3 Å². The van der Waals surface area contributed by atoms with Crippen LogP contribution < -0.4 is 10.1 Å². The Kier molecular flexibility index (Phi) is 6.58. The Bertz CT molecular complexity index is 551. The van der Waals surface area contributed by atoms with Gasteiger partial charge in [-0.2, -0.15) is 5.26 Å². The van der Waals surface area contributed by atoms with Gasteiger partial charge in [-0.1, -0.05) is 0 Å². The van der Waals surface area contributed by atoms with Gasteiger partial charge in [0.05, 0.1) is 26.5 Å². The Morgan fingerprint density at radius 3 is 2.48 bits per heavy atom. The number of rotatable bonds is 7. The molecule has 0 saturated heterocycles. The molecular formula is C13H15Br2N3O3. The number of nitro groups is 1. The molecule has 8 heteroatoms. The summed E-state index contributed by atoms with van der Waals surface area (Å²) in [5.74, 6) is 0.517. The molecule has 1 atom stereocenters. The summed E-state index contributed by atoms with van der Waals surface area (Å²) >= 11 is 6.52. The van der Waals surface area contributed by atoms with Crippen LogP contribution in [0.3, 0.4) is 0 Å². The number of nitrogens with one attached hydrogen (secondary N) is 1. The van der Waals surface area contributed by atoms with Crippen molar-refractivity contribution in [1.82, 2.24) is 5.32 Å². The molecule has 1 aromatic carbocycles. The molecule has 0 saturated carbocycles. The molecule has 0 amide bonds. The van der Waals surface area contributed by atoms with Crippen molar-refractivity contribution in [3.05, 3.63) is 31.2 Å². The fourth-order valence-corrected chi connectivity index (χ4v) is 3.02. The molecule has 1 N–H and O–H groups in total. The van der Waals surface area contributed by atoms with Gasteiger partial charge in [0.2, 0.25) is 0 Å². The molecule has 1 aromatic rings. The van der Waals surface area contributed by atoms with Crippen LogP contribution in [0.4, 0.5) is 5.69 Å². The molecule has 6 nitrogen and oxygen atoms in total. The largest absolute Gasteiger partial charge is 0.491 e. The molecule has 0 spiro atoms. The highest BCUT2D eigenvalue weighted by molar-refractivity contribution is 9.11. The zero-order chi connectivity index (χ0) is 16.0. The smallest absolute Gasteiger partial charge is 0.271 e. The molecule has 21 heavy (non-hydrogen) atoms. The summed E-state index contributed by atoms with van der Waals surface area (Å²) in [7, 11) is 1.74. The van der Waals surface area contributed by atoms with Gasteiger partial charge in [0, 0.05) is 12.1 Å². The van der Waals surface area contributed by atoms with Crippen molar-refractivity contribution in [2.24, 2.45) is 0 Å². The van der Waals surface area contributed by atoms with Crippen molar-refractivity contribution >= 4 is 37.5 Å². The van der Waals surface area contributed by atoms with E-state index in [0.29, 0.717) is 34.1 Å².